The Morgan fingerprint density at radius 2 is 1.96 bits per heavy atom. The zero-order chi connectivity index (χ0) is 18.8. The topological polar surface area (TPSA) is 60.9 Å². The molecule has 0 N–H and O–H groups in total. The summed E-state index contributed by atoms with van der Waals surface area (Å²) < 4.78 is 16.5. The molecule has 0 fully saturated rings. The molecule has 0 bridgehead atoms. The van der Waals surface area contributed by atoms with Gasteiger partial charge >= 0.3 is 37.2 Å². The average Bonchev–Trinajstić information content (AvgIpc) is 2.63. The van der Waals surface area contributed by atoms with Crippen molar-refractivity contribution in [3.05, 3.63) is 61.1 Å². The van der Waals surface area contributed by atoms with Gasteiger partial charge < -0.3 is 26.0 Å². The summed E-state index contributed by atoms with van der Waals surface area (Å²) in [6.07, 6.45) is 2.76. The molecule has 0 saturated carbocycles. The Bertz CT molecular complexity index is 718. The normalized spacial score (nSPS) is 9.89. The summed E-state index contributed by atoms with van der Waals surface area (Å²) in [6, 6.07) is 10.5. The first-order valence-corrected chi connectivity index (χ1v) is 8.55. The van der Waals surface area contributed by atoms with Crippen LogP contribution in [0.1, 0.15) is 6.92 Å². The number of amides is 1. The van der Waals surface area contributed by atoms with Gasteiger partial charge in [0.25, 0.3) is 0 Å². The summed E-state index contributed by atoms with van der Waals surface area (Å²) >= 11 is 5.78. The van der Waals surface area contributed by atoms with Gasteiger partial charge in [0.1, 0.15) is 10.9 Å². The van der Waals surface area contributed by atoms with E-state index in [0.29, 0.717) is 37.0 Å². The van der Waals surface area contributed by atoms with Crippen LogP contribution < -0.4 is 14.2 Å². The van der Waals surface area contributed by atoms with Gasteiger partial charge in [-0.15, -0.1) is 13.1 Å². The maximum Gasteiger partial charge on any atom is 2.00 e. The maximum atomic E-state index is 12.2. The molecule has 1 aromatic heterocycles. The molecule has 27 heavy (non-hydrogen) atoms. The van der Waals surface area contributed by atoms with Crippen molar-refractivity contribution >= 4 is 17.7 Å². The minimum absolute atomic E-state index is 0. The molecule has 2 aromatic rings. The number of aromatic nitrogens is 1. The minimum Gasteiger partial charge on any atom is -0.522 e. The van der Waals surface area contributed by atoms with Gasteiger partial charge in [0, 0.05) is 12.3 Å². The first kappa shape index (κ1) is 23.6. The van der Waals surface area contributed by atoms with Crippen molar-refractivity contribution < 1.29 is 50.1 Å². The molecule has 0 unspecified atom stereocenters. The number of carbonyl (C=O) groups excluding carboxylic acids is 1. The molecule has 0 atom stereocenters. The van der Waals surface area contributed by atoms with E-state index in [1.807, 2.05) is 37.6 Å². The van der Waals surface area contributed by atoms with E-state index >= 15 is 0 Å². The van der Waals surface area contributed by atoms with Gasteiger partial charge in [-0.3, -0.25) is 6.42 Å². The zero-order valence-corrected chi connectivity index (χ0v) is 20.0. The van der Waals surface area contributed by atoms with Crippen LogP contribution in [0.15, 0.2) is 42.6 Å². The Morgan fingerprint density at radius 3 is 2.59 bits per heavy atom. The van der Waals surface area contributed by atoms with Crippen LogP contribution in [0.4, 0.5) is 4.79 Å². The number of para-hydroxylation sites is 2. The van der Waals surface area contributed by atoms with Crippen LogP contribution in [0.25, 0.3) is 0 Å². The Balaban J connectivity index is 0.00000364. The molecule has 142 valence electrons. The standard InChI is InChI=1S/C19H21ClN2O4.U/c1-3-22(19(23)26-15-10-11-21-18(20)14-15)12-7-13-25-17-9-6-5-8-16(17)24-4-2;/h5-11,14H,1,3-4,12-13H2,2H3;/q-2;+2. The van der Waals surface area contributed by atoms with Gasteiger partial charge in [-0.1, -0.05) is 23.7 Å². The molecule has 0 aliphatic rings. The number of ether oxygens (including phenoxy) is 3. The van der Waals surface area contributed by atoms with Gasteiger partial charge in [0.2, 0.25) is 0 Å². The molecule has 0 aliphatic heterocycles. The van der Waals surface area contributed by atoms with E-state index in [2.05, 4.69) is 11.9 Å². The molecule has 1 aromatic carbocycles. The van der Waals surface area contributed by atoms with Crippen LogP contribution in [0.5, 0.6) is 17.2 Å². The number of carbonyl (C=O) groups is 1. The Morgan fingerprint density at radius 1 is 1.26 bits per heavy atom. The minimum atomic E-state index is -0.520. The zero-order valence-electron chi connectivity index (χ0n) is 15.1. The average molecular weight is 615 g/mol. The molecule has 1 amide bonds. The number of pyridine rings is 1. The van der Waals surface area contributed by atoms with E-state index in [0.717, 1.165) is 0 Å². The van der Waals surface area contributed by atoms with Crippen LogP contribution in [0.3, 0.4) is 0 Å². The number of hydrogen-bond donors (Lipinski definition) is 0. The van der Waals surface area contributed by atoms with Crippen molar-refractivity contribution in [2.75, 3.05) is 26.3 Å². The van der Waals surface area contributed by atoms with Crippen LogP contribution in [-0.2, 0) is 0 Å². The van der Waals surface area contributed by atoms with Gasteiger partial charge in [-0.25, -0.2) is 9.78 Å². The van der Waals surface area contributed by atoms with Gasteiger partial charge in [-0.05, 0) is 31.7 Å². The van der Waals surface area contributed by atoms with Crippen molar-refractivity contribution in [1.82, 2.24) is 9.88 Å². The van der Waals surface area contributed by atoms with Gasteiger partial charge in [-0.2, -0.15) is 0 Å². The van der Waals surface area contributed by atoms with Crippen LogP contribution in [0.2, 0.25) is 5.15 Å². The number of nitrogens with zero attached hydrogens (tertiary/aromatic N) is 2. The Labute approximate surface area is 188 Å². The summed E-state index contributed by atoms with van der Waals surface area (Å²) in [5, 5.41) is 0.254. The van der Waals surface area contributed by atoms with E-state index in [9.17, 15) is 4.79 Å². The summed E-state index contributed by atoms with van der Waals surface area (Å²) in [4.78, 5) is 17.5. The fourth-order valence-corrected chi connectivity index (χ4v) is 2.24. The summed E-state index contributed by atoms with van der Waals surface area (Å²) in [5.41, 5.74) is 0. The SMILES string of the molecule is [CH2-]CN(C[CH-]COc1ccccc1OCC)C(=O)Oc1ccnc(Cl)c1.[U+2]. The van der Waals surface area contributed by atoms with Crippen molar-refractivity contribution in [2.45, 2.75) is 6.92 Å². The van der Waals surface area contributed by atoms with E-state index in [1.165, 1.54) is 17.2 Å². The first-order chi connectivity index (χ1) is 12.6. The van der Waals surface area contributed by atoms with E-state index < -0.39 is 6.09 Å². The molecule has 0 spiro atoms. The summed E-state index contributed by atoms with van der Waals surface area (Å²) in [6.45, 7) is 7.12. The molecule has 0 saturated heterocycles. The third-order valence-electron chi connectivity index (χ3n) is 3.29. The summed E-state index contributed by atoms with van der Waals surface area (Å²) in [7, 11) is 0. The summed E-state index contributed by atoms with van der Waals surface area (Å²) in [5.74, 6) is 1.67. The van der Waals surface area contributed by atoms with Crippen LogP contribution >= 0.6 is 11.6 Å². The molecule has 2 rings (SSSR count). The van der Waals surface area contributed by atoms with Gasteiger partial charge in [0.05, 0.1) is 6.61 Å². The van der Waals surface area contributed by atoms with Crippen LogP contribution in [0, 0.1) is 44.5 Å². The number of halogens is 1. The van der Waals surface area contributed by atoms with Crippen LogP contribution in [-0.4, -0.2) is 42.3 Å². The predicted molar refractivity (Wildman–Crippen MR) is 99.6 cm³/mol. The van der Waals surface area contributed by atoms with E-state index in [-0.39, 0.29) is 42.8 Å². The number of benzene rings is 1. The second-order valence-corrected chi connectivity index (χ2v) is 5.49. The monoisotopic (exact) mass is 614 g/mol. The molecule has 6 nitrogen and oxygen atoms in total. The van der Waals surface area contributed by atoms with Crippen molar-refractivity contribution in [3.63, 3.8) is 0 Å². The molecule has 0 aliphatic carbocycles. The van der Waals surface area contributed by atoms with Crippen molar-refractivity contribution in [2.24, 2.45) is 0 Å². The third kappa shape index (κ3) is 8.00. The third-order valence-corrected chi connectivity index (χ3v) is 3.49. The van der Waals surface area contributed by atoms with Crippen molar-refractivity contribution in [1.29, 1.82) is 0 Å². The number of rotatable bonds is 9. The molecular weight excluding hydrogens is 594 g/mol. The van der Waals surface area contributed by atoms with E-state index in [1.54, 1.807) is 6.07 Å². The molecule has 0 radical (unpaired) electrons. The Hall–Kier alpha value is -1.42. The number of hydrogen-bond acceptors (Lipinski definition) is 5. The smallest absolute Gasteiger partial charge is 0.522 e. The Kier molecular flexibility index (Phi) is 11.3. The first-order valence-electron chi connectivity index (χ1n) is 8.18. The van der Waals surface area contributed by atoms with Gasteiger partial charge in [0.15, 0.2) is 11.5 Å². The fraction of sp³-hybridized carbons (Fsp3) is 0.263. The maximum absolute atomic E-state index is 12.2. The molecule has 8 heteroatoms. The largest absolute Gasteiger partial charge is 2.00 e. The quantitative estimate of drug-likeness (QED) is 0.242. The molecular formula is C19H21ClN2O4U. The second-order valence-electron chi connectivity index (χ2n) is 5.11. The predicted octanol–water partition coefficient (Wildman–Crippen LogP) is 4.05. The molecule has 1 heterocycles. The van der Waals surface area contributed by atoms with Crippen molar-refractivity contribution in [3.8, 4) is 17.2 Å². The second kappa shape index (κ2) is 12.9. The fourth-order valence-electron chi connectivity index (χ4n) is 2.07. The van der Waals surface area contributed by atoms with E-state index in [4.69, 9.17) is 25.8 Å².